The molecule has 0 spiro atoms. The van der Waals surface area contributed by atoms with Gasteiger partial charge in [0, 0.05) is 17.7 Å². The molecule has 0 saturated carbocycles. The second-order valence-electron chi connectivity index (χ2n) is 22.0. The third kappa shape index (κ3) is 24.5. The molecule has 0 fully saturated rings. The minimum Gasteiger partial charge on any atom is -0.477 e. The van der Waals surface area contributed by atoms with Gasteiger partial charge in [0.05, 0.1) is 87.5 Å². The largest absolute Gasteiger partial charge is 0.477 e. The van der Waals surface area contributed by atoms with Crippen molar-refractivity contribution >= 4 is 133 Å². The summed E-state index contributed by atoms with van der Waals surface area (Å²) in [5, 5.41) is 22.8. The standard InChI is InChI=1S/C22H24ClN5O3S.C14H18ClN5OS.C14H14N2O4S.C8H12ClN3.CH3Br.H2/c1-13(26-21(30)31-12-14-8-6-5-7-9-14)19-24-11-16(32-19)18(29)28-20-25-10-15(23)17(27-20)22(2,3)4;1-7(16)12-17-6-9(22-12)11(21)20-13-18-5-8(15)10(19-13)14(2,3)4;1-9(12-15-7-11(21-12)13(17)18)16-14(19)20-8-10-5-3-2-4-6-10;1-8(2,3)6-5(9)4-11-7(10)12-6;1-2;/h5-11,13H,12H2,1-4H3,(H,26,30)(H,25,27,28,29);5-7H,16H2,1-4H3,(H,18,19,20,21);2-7,9H,8H2,1H3,(H,16,19)(H,17,18);4H,1-3H3,(H2,10,11,12);1H3;1H. The molecule has 3 atom stereocenters. The Kier molecular flexibility index (Phi) is 28.8. The summed E-state index contributed by atoms with van der Waals surface area (Å²) in [6.07, 6.45) is 7.58. The predicted octanol–water partition coefficient (Wildman–Crippen LogP) is 14.4. The number of carbonyl (C=O) groups is 5. The number of thiazole rings is 3. The van der Waals surface area contributed by atoms with Gasteiger partial charge in [-0.15, -0.1) is 34.0 Å². The number of halogens is 4. The lowest BCUT2D eigenvalue weighted by Crippen LogP contribution is -2.27. The smallest absolute Gasteiger partial charge is 0.408 e. The van der Waals surface area contributed by atoms with Gasteiger partial charge in [-0.25, -0.2) is 59.2 Å². The van der Waals surface area contributed by atoms with Gasteiger partial charge >= 0.3 is 18.2 Å². The number of benzene rings is 2. The Morgan fingerprint density at radius 3 is 1.21 bits per heavy atom. The van der Waals surface area contributed by atoms with Crippen LogP contribution < -0.4 is 32.7 Å². The molecular formula is C59H73BrCl3N15O8S3. The average Bonchev–Trinajstić information content (AvgIpc) is 1.75. The topological polar surface area (TPSA) is 340 Å². The van der Waals surface area contributed by atoms with Crippen LogP contribution >= 0.6 is 84.7 Å². The maximum absolute atomic E-state index is 12.6. The van der Waals surface area contributed by atoms with Gasteiger partial charge in [-0.2, -0.15) is 0 Å². The van der Waals surface area contributed by atoms with Crippen molar-refractivity contribution in [2.24, 2.45) is 5.73 Å². The number of ether oxygens (including phenoxy) is 2. The van der Waals surface area contributed by atoms with E-state index < -0.39 is 36.1 Å². The quantitative estimate of drug-likeness (QED) is 0.0497. The van der Waals surface area contributed by atoms with Crippen molar-refractivity contribution in [2.45, 2.75) is 131 Å². The van der Waals surface area contributed by atoms with Crippen LogP contribution in [0.5, 0.6) is 0 Å². The molecule has 2 aromatic carbocycles. The van der Waals surface area contributed by atoms with Crippen LogP contribution in [0.3, 0.4) is 0 Å². The van der Waals surface area contributed by atoms with E-state index in [1.807, 2.05) is 136 Å². The molecule has 3 unspecified atom stereocenters. The number of aromatic carboxylic acids is 1. The van der Waals surface area contributed by atoms with Gasteiger partial charge in [0.25, 0.3) is 11.8 Å². The highest BCUT2D eigenvalue weighted by atomic mass is 79.9. The fraction of sp³-hybridized carbons (Fsp3) is 0.356. The number of rotatable bonds is 14. The van der Waals surface area contributed by atoms with E-state index in [0.29, 0.717) is 51.2 Å². The number of hydrogen-bond donors (Lipinski definition) is 7. The molecule has 8 rings (SSSR count). The molecule has 6 heterocycles. The highest BCUT2D eigenvalue weighted by Gasteiger charge is 2.25. The second-order valence-corrected chi connectivity index (χ2v) is 26.4. The van der Waals surface area contributed by atoms with E-state index in [1.54, 1.807) is 13.8 Å². The first kappa shape index (κ1) is 74.1. The van der Waals surface area contributed by atoms with Crippen LogP contribution in [-0.2, 0) is 38.9 Å². The summed E-state index contributed by atoms with van der Waals surface area (Å²) in [6.45, 7) is 23.6. The Balaban J connectivity index is 0.000000324. The highest BCUT2D eigenvalue weighted by molar-refractivity contribution is 9.08. The number of carboxylic acids is 1. The lowest BCUT2D eigenvalue weighted by molar-refractivity contribution is 0.0701. The number of anilines is 3. The fourth-order valence-corrected chi connectivity index (χ4v) is 10.4. The average molecular weight is 1400 g/mol. The summed E-state index contributed by atoms with van der Waals surface area (Å²) < 4.78 is 10.3. The molecule has 9 N–H and O–H groups in total. The number of hydrogen-bond acceptors (Lipinski definition) is 21. The summed E-state index contributed by atoms with van der Waals surface area (Å²) in [5.74, 6) is 0.723. The van der Waals surface area contributed by atoms with Gasteiger partial charge in [-0.05, 0) is 37.7 Å². The van der Waals surface area contributed by atoms with Gasteiger partial charge in [0.1, 0.15) is 42.9 Å². The fourth-order valence-electron chi connectivity index (χ4n) is 6.93. The van der Waals surface area contributed by atoms with Crippen LogP contribution in [0.1, 0.15) is 175 Å². The lowest BCUT2D eigenvalue weighted by atomic mass is 9.92. The van der Waals surface area contributed by atoms with E-state index in [0.717, 1.165) is 39.5 Å². The van der Waals surface area contributed by atoms with Crippen molar-refractivity contribution < 1.29 is 40.0 Å². The van der Waals surface area contributed by atoms with Crippen LogP contribution in [0.15, 0.2) is 97.8 Å². The Labute approximate surface area is 553 Å². The summed E-state index contributed by atoms with van der Waals surface area (Å²) >= 11 is 24.6. The van der Waals surface area contributed by atoms with E-state index in [2.05, 4.69) is 82.1 Å². The molecular weight excluding hydrogens is 1330 g/mol. The molecule has 4 amide bonds. The Morgan fingerprint density at radius 1 is 0.539 bits per heavy atom. The number of nitrogen functional groups attached to an aromatic ring is 1. The lowest BCUT2D eigenvalue weighted by Gasteiger charge is -2.19. The number of nitrogens with zero attached hydrogens (tertiary/aromatic N) is 9. The van der Waals surface area contributed by atoms with E-state index in [-0.39, 0.29) is 65.6 Å². The third-order valence-electron chi connectivity index (χ3n) is 11.3. The Bertz CT molecular complexity index is 3630. The summed E-state index contributed by atoms with van der Waals surface area (Å²) in [4.78, 5) is 97.3. The molecule has 0 saturated heterocycles. The van der Waals surface area contributed by atoms with E-state index in [1.165, 1.54) is 48.5 Å². The van der Waals surface area contributed by atoms with E-state index >= 15 is 0 Å². The zero-order chi connectivity index (χ0) is 66.4. The predicted molar refractivity (Wildman–Crippen MR) is 357 cm³/mol. The number of nitrogens with two attached hydrogens (primary N) is 2. The van der Waals surface area contributed by atoms with Crippen LogP contribution in [0.4, 0.5) is 27.4 Å². The first-order valence-electron chi connectivity index (χ1n) is 26.9. The molecule has 0 aliphatic rings. The molecule has 0 radical (unpaired) electrons. The number of nitrogens with one attached hydrogen (secondary N) is 4. The normalized spacial score (nSPS) is 12.0. The monoisotopic (exact) mass is 1400 g/mol. The molecule has 0 aliphatic heterocycles. The van der Waals surface area contributed by atoms with E-state index in [9.17, 15) is 24.0 Å². The SMILES string of the molecule is CBr.CC(C)(C)c1nc(N)ncc1Cl.CC(N)c1ncc(C(=O)Nc2ncc(Cl)c(C(C)(C)C)n2)s1.CC(NC(=O)OCc1ccccc1)c1ncc(C(=O)Nc2ncc(Cl)c(C(C)(C)C)n2)s1.CC(NC(=O)OCc1ccccc1)c1ncc(C(=O)O)s1.[HH]. The first-order valence-corrected chi connectivity index (χ1v) is 32.1. The highest BCUT2D eigenvalue weighted by Crippen LogP contribution is 2.31. The molecule has 0 bridgehead atoms. The van der Waals surface area contributed by atoms with Crippen molar-refractivity contribution in [1.29, 1.82) is 0 Å². The molecule has 0 aliphatic carbocycles. The van der Waals surface area contributed by atoms with Gasteiger partial charge in [-0.1, -0.05) is 174 Å². The summed E-state index contributed by atoms with van der Waals surface area (Å²) in [7, 11) is 0. The third-order valence-corrected chi connectivity index (χ3v) is 15.7. The van der Waals surface area contributed by atoms with Crippen molar-refractivity contribution in [2.75, 3.05) is 22.2 Å². The molecule has 89 heavy (non-hydrogen) atoms. The second kappa shape index (κ2) is 34.6. The van der Waals surface area contributed by atoms with Crippen LogP contribution in [0.25, 0.3) is 0 Å². The number of aromatic nitrogens is 9. The molecule has 478 valence electrons. The summed E-state index contributed by atoms with van der Waals surface area (Å²) in [6, 6.07) is 17.7. The van der Waals surface area contributed by atoms with Crippen LogP contribution in [0, 0.1) is 0 Å². The van der Waals surface area contributed by atoms with Crippen molar-refractivity contribution in [3.8, 4) is 0 Å². The molecule has 23 nitrogen and oxygen atoms in total. The van der Waals surface area contributed by atoms with Crippen LogP contribution in [-0.4, -0.2) is 85.8 Å². The van der Waals surface area contributed by atoms with Gasteiger partial charge in [0.15, 0.2) is 0 Å². The van der Waals surface area contributed by atoms with E-state index in [4.69, 9.17) is 60.9 Å². The number of carboxylic acid groups (broad SMARTS) is 1. The molecule has 8 aromatic rings. The number of alkyl carbamates (subject to hydrolysis) is 2. The molecule has 30 heteroatoms. The minimum absolute atomic E-state index is 0. The zero-order valence-electron chi connectivity index (χ0n) is 51.1. The van der Waals surface area contributed by atoms with Gasteiger partial charge in [0.2, 0.25) is 17.8 Å². The van der Waals surface area contributed by atoms with Crippen molar-refractivity contribution in [1.82, 2.24) is 55.5 Å². The maximum Gasteiger partial charge on any atom is 0.408 e. The maximum atomic E-state index is 12.6. The summed E-state index contributed by atoms with van der Waals surface area (Å²) in [5.41, 5.74) is 14.4. The minimum atomic E-state index is -1.03. The number of carbonyl (C=O) groups excluding carboxylic acids is 4. The Morgan fingerprint density at radius 2 is 0.876 bits per heavy atom. The number of amides is 4. The molecule has 6 aromatic heterocycles. The van der Waals surface area contributed by atoms with Gasteiger partial charge < -0.3 is 36.7 Å². The van der Waals surface area contributed by atoms with Crippen LogP contribution in [0.2, 0.25) is 15.1 Å². The van der Waals surface area contributed by atoms with Crippen molar-refractivity contribution in [3.63, 3.8) is 0 Å². The van der Waals surface area contributed by atoms with Crippen molar-refractivity contribution in [3.05, 3.63) is 171 Å². The Hall–Kier alpha value is -7.37. The first-order chi connectivity index (χ1) is 41.8. The zero-order valence-corrected chi connectivity index (χ0v) is 57.4. The van der Waals surface area contributed by atoms with Gasteiger partial charge in [-0.3, -0.25) is 20.2 Å². The number of alkyl halides is 1.